The van der Waals surface area contributed by atoms with Crippen molar-refractivity contribution in [2.45, 2.75) is 25.0 Å². The smallest absolute Gasteiger partial charge is 0.246 e. The molecule has 2 amide bonds. The minimum absolute atomic E-state index is 0.00664. The molecular weight excluding hydrogens is 390 g/mol. The predicted octanol–water partition coefficient (Wildman–Crippen LogP) is 2.10. The van der Waals surface area contributed by atoms with Crippen LogP contribution in [0, 0.1) is 0 Å². The molecule has 2 fully saturated rings. The number of ether oxygens (including phenoxy) is 1. The molecule has 2 saturated heterocycles. The zero-order valence-electron chi connectivity index (χ0n) is 16.3. The highest BCUT2D eigenvalue weighted by Crippen LogP contribution is 2.21. The molecule has 0 aromatic heterocycles. The largest absolute Gasteiger partial charge is 0.497 e. The number of hydrogen-bond acceptors (Lipinski definition) is 4. The van der Waals surface area contributed by atoms with Crippen molar-refractivity contribution in [2.75, 3.05) is 26.7 Å². The zero-order valence-corrected chi connectivity index (χ0v) is 17.1. The third-order valence-electron chi connectivity index (χ3n) is 5.56. The van der Waals surface area contributed by atoms with Gasteiger partial charge < -0.3 is 15.0 Å². The molecular formula is C22H24ClN3O3. The monoisotopic (exact) mass is 413 g/mol. The Bertz CT molecular complexity index is 902. The Morgan fingerprint density at radius 2 is 1.90 bits per heavy atom. The summed E-state index contributed by atoms with van der Waals surface area (Å²) in [5.41, 5.74) is 2.09. The Labute approximate surface area is 175 Å². The minimum atomic E-state index is -0.522. The highest BCUT2D eigenvalue weighted by atomic mass is 35.5. The maximum atomic E-state index is 13.0. The normalized spacial score (nSPS) is 22.2. The van der Waals surface area contributed by atoms with Gasteiger partial charge in [0.05, 0.1) is 7.11 Å². The molecule has 2 aliphatic rings. The Morgan fingerprint density at radius 1 is 1.10 bits per heavy atom. The number of amides is 2. The summed E-state index contributed by atoms with van der Waals surface area (Å²) >= 11 is 6.07. The molecule has 0 radical (unpaired) electrons. The lowest BCUT2D eigenvalue weighted by atomic mass is 9.98. The van der Waals surface area contributed by atoms with Crippen molar-refractivity contribution >= 4 is 23.4 Å². The zero-order chi connectivity index (χ0) is 20.4. The molecule has 2 heterocycles. The van der Waals surface area contributed by atoms with Gasteiger partial charge in [-0.1, -0.05) is 35.9 Å². The molecule has 2 atom stereocenters. The number of piperazine rings is 2. The first-order valence-electron chi connectivity index (χ1n) is 9.74. The van der Waals surface area contributed by atoms with E-state index in [4.69, 9.17) is 16.3 Å². The second-order valence-electron chi connectivity index (χ2n) is 7.53. The van der Waals surface area contributed by atoms with E-state index in [1.807, 2.05) is 48.5 Å². The number of nitrogens with zero attached hydrogens (tertiary/aromatic N) is 2. The fourth-order valence-electron chi connectivity index (χ4n) is 4.03. The topological polar surface area (TPSA) is 61.9 Å². The van der Waals surface area contributed by atoms with Crippen LogP contribution in [-0.4, -0.2) is 60.4 Å². The summed E-state index contributed by atoms with van der Waals surface area (Å²) in [6, 6.07) is 14.3. The lowest BCUT2D eigenvalue weighted by molar-refractivity contribution is -0.153. The standard InChI is InChI=1S/C22H24ClN3O3/c1-29-18-7-5-15(6-8-18)12-19-22(28)26-10-9-25(14-20(26)21(27)24-19)13-16-3-2-4-17(23)11-16/h2-8,11,19-20H,9-10,12-14H2,1H3,(H,24,27)/t19-,20+/m0/s1. The summed E-state index contributed by atoms with van der Waals surface area (Å²) < 4.78 is 5.17. The van der Waals surface area contributed by atoms with Crippen molar-refractivity contribution in [3.8, 4) is 5.75 Å². The minimum Gasteiger partial charge on any atom is -0.497 e. The van der Waals surface area contributed by atoms with Crippen LogP contribution >= 0.6 is 11.6 Å². The second-order valence-corrected chi connectivity index (χ2v) is 7.96. The van der Waals surface area contributed by atoms with E-state index in [2.05, 4.69) is 10.2 Å². The lowest BCUT2D eigenvalue weighted by Crippen LogP contribution is -2.69. The molecule has 0 spiro atoms. The van der Waals surface area contributed by atoms with Crippen LogP contribution in [0.4, 0.5) is 0 Å². The summed E-state index contributed by atoms with van der Waals surface area (Å²) in [6.07, 6.45) is 0.476. The number of carbonyl (C=O) groups is 2. The summed E-state index contributed by atoms with van der Waals surface area (Å²) in [7, 11) is 1.62. The van der Waals surface area contributed by atoms with Crippen LogP contribution in [0.1, 0.15) is 11.1 Å². The Hall–Kier alpha value is -2.57. The van der Waals surface area contributed by atoms with Crippen molar-refractivity contribution in [1.82, 2.24) is 15.1 Å². The average Bonchev–Trinajstić information content (AvgIpc) is 2.72. The highest BCUT2D eigenvalue weighted by Gasteiger charge is 2.43. The van der Waals surface area contributed by atoms with Gasteiger partial charge in [-0.25, -0.2) is 0 Å². The molecule has 0 saturated carbocycles. The summed E-state index contributed by atoms with van der Waals surface area (Å²) in [5.74, 6) is 0.676. The number of methoxy groups -OCH3 is 1. The average molecular weight is 414 g/mol. The lowest BCUT2D eigenvalue weighted by Gasteiger charge is -2.45. The van der Waals surface area contributed by atoms with E-state index < -0.39 is 12.1 Å². The third-order valence-corrected chi connectivity index (χ3v) is 5.79. The van der Waals surface area contributed by atoms with Gasteiger partial charge in [0.15, 0.2) is 0 Å². The summed E-state index contributed by atoms with van der Waals surface area (Å²) in [4.78, 5) is 29.7. The first-order valence-corrected chi connectivity index (χ1v) is 10.1. The van der Waals surface area contributed by atoms with E-state index in [1.54, 1.807) is 12.0 Å². The molecule has 6 nitrogen and oxygen atoms in total. The molecule has 1 N–H and O–H groups in total. The van der Waals surface area contributed by atoms with E-state index in [0.29, 0.717) is 31.1 Å². The van der Waals surface area contributed by atoms with Crippen molar-refractivity contribution in [3.05, 3.63) is 64.7 Å². The van der Waals surface area contributed by atoms with Gasteiger partial charge in [0.1, 0.15) is 17.8 Å². The van der Waals surface area contributed by atoms with E-state index >= 15 is 0 Å². The number of fused-ring (bicyclic) bond motifs is 1. The van der Waals surface area contributed by atoms with Gasteiger partial charge in [-0.15, -0.1) is 0 Å². The number of rotatable bonds is 5. The number of nitrogens with one attached hydrogen (secondary N) is 1. The number of hydrogen-bond donors (Lipinski definition) is 1. The van der Waals surface area contributed by atoms with Crippen molar-refractivity contribution < 1.29 is 14.3 Å². The van der Waals surface area contributed by atoms with Gasteiger partial charge in [-0.2, -0.15) is 0 Å². The van der Waals surface area contributed by atoms with E-state index in [-0.39, 0.29) is 11.8 Å². The maximum absolute atomic E-state index is 13.0. The van der Waals surface area contributed by atoms with Crippen LogP contribution in [0.5, 0.6) is 5.75 Å². The second kappa shape index (κ2) is 8.43. The third kappa shape index (κ3) is 4.38. The summed E-state index contributed by atoms with van der Waals surface area (Å²) in [5, 5.41) is 3.63. The van der Waals surface area contributed by atoms with Crippen LogP contribution < -0.4 is 10.1 Å². The van der Waals surface area contributed by atoms with Gasteiger partial charge >= 0.3 is 0 Å². The molecule has 7 heteroatoms. The van der Waals surface area contributed by atoms with Gasteiger partial charge in [-0.3, -0.25) is 14.5 Å². The summed E-state index contributed by atoms with van der Waals surface area (Å²) in [6.45, 7) is 2.52. The SMILES string of the molecule is COc1ccc(C[C@@H]2NC(=O)[C@H]3CN(Cc4cccc(Cl)c4)CCN3C2=O)cc1. The Morgan fingerprint density at radius 3 is 2.62 bits per heavy atom. The van der Waals surface area contributed by atoms with Gasteiger partial charge in [0.2, 0.25) is 11.8 Å². The number of benzene rings is 2. The van der Waals surface area contributed by atoms with Crippen molar-refractivity contribution in [3.63, 3.8) is 0 Å². The van der Waals surface area contributed by atoms with Gasteiger partial charge in [0, 0.05) is 37.6 Å². The molecule has 2 aromatic carbocycles. The molecule has 0 aliphatic carbocycles. The van der Waals surface area contributed by atoms with Crippen molar-refractivity contribution in [1.29, 1.82) is 0 Å². The van der Waals surface area contributed by atoms with Crippen LogP contribution in [-0.2, 0) is 22.6 Å². The molecule has 152 valence electrons. The van der Waals surface area contributed by atoms with E-state index in [1.165, 1.54) is 0 Å². The molecule has 0 bridgehead atoms. The van der Waals surface area contributed by atoms with Crippen LogP contribution in [0.25, 0.3) is 0 Å². The van der Waals surface area contributed by atoms with Gasteiger partial charge in [-0.05, 0) is 35.4 Å². The van der Waals surface area contributed by atoms with Crippen LogP contribution in [0.15, 0.2) is 48.5 Å². The Kier molecular flexibility index (Phi) is 5.74. The van der Waals surface area contributed by atoms with Crippen LogP contribution in [0.3, 0.4) is 0 Å². The maximum Gasteiger partial charge on any atom is 0.246 e. The van der Waals surface area contributed by atoms with Crippen molar-refractivity contribution in [2.24, 2.45) is 0 Å². The molecule has 2 aromatic rings. The first kappa shape index (κ1) is 19.7. The van der Waals surface area contributed by atoms with E-state index in [0.717, 1.165) is 23.4 Å². The quantitative estimate of drug-likeness (QED) is 0.815. The fraction of sp³-hybridized carbons (Fsp3) is 0.364. The first-order chi connectivity index (χ1) is 14.0. The molecule has 4 rings (SSSR count). The molecule has 29 heavy (non-hydrogen) atoms. The Balaban J connectivity index is 1.40. The molecule has 0 unspecified atom stereocenters. The van der Waals surface area contributed by atoms with Gasteiger partial charge in [0.25, 0.3) is 0 Å². The highest BCUT2D eigenvalue weighted by molar-refractivity contribution is 6.30. The number of halogens is 1. The molecule has 2 aliphatic heterocycles. The fourth-order valence-corrected chi connectivity index (χ4v) is 4.24. The van der Waals surface area contributed by atoms with E-state index in [9.17, 15) is 9.59 Å². The predicted molar refractivity (Wildman–Crippen MR) is 111 cm³/mol. The van der Waals surface area contributed by atoms with Crippen LogP contribution in [0.2, 0.25) is 5.02 Å². The number of carbonyl (C=O) groups excluding carboxylic acids is 2.